The van der Waals surface area contributed by atoms with Crippen LogP contribution in [0.1, 0.15) is 29.6 Å². The van der Waals surface area contributed by atoms with E-state index >= 15 is 0 Å². The van der Waals surface area contributed by atoms with Crippen LogP contribution in [0.5, 0.6) is 11.5 Å². The van der Waals surface area contributed by atoms with Gasteiger partial charge in [-0.1, -0.05) is 6.07 Å². The molecule has 9 heteroatoms. The normalized spacial score (nSPS) is 17.1. The van der Waals surface area contributed by atoms with Gasteiger partial charge in [0.1, 0.15) is 0 Å². The number of hydrogen-bond donors (Lipinski definition) is 2. The molecule has 2 aromatic carbocycles. The van der Waals surface area contributed by atoms with Gasteiger partial charge >= 0.3 is 0 Å². The highest BCUT2D eigenvalue weighted by Crippen LogP contribution is 2.32. The Morgan fingerprint density at radius 1 is 1.00 bits per heavy atom. The first-order valence-electron chi connectivity index (χ1n) is 9.92. The average Bonchev–Trinajstić information content (AvgIpc) is 2.99. The van der Waals surface area contributed by atoms with Gasteiger partial charge in [-0.3, -0.25) is 9.52 Å². The van der Waals surface area contributed by atoms with E-state index in [2.05, 4.69) is 10.0 Å². The fourth-order valence-corrected chi connectivity index (χ4v) is 5.53. The molecule has 0 bridgehead atoms. The number of rotatable bonds is 5. The smallest absolute Gasteiger partial charge is 0.262 e. The minimum absolute atomic E-state index is 0.0707. The molecule has 1 amide bonds. The van der Waals surface area contributed by atoms with E-state index in [4.69, 9.17) is 9.47 Å². The Morgan fingerprint density at radius 3 is 2.57 bits per heavy atom. The second-order valence-electron chi connectivity index (χ2n) is 7.21. The van der Waals surface area contributed by atoms with Crippen LogP contribution in [0.2, 0.25) is 0 Å². The lowest BCUT2D eigenvalue weighted by Gasteiger charge is -2.22. The number of anilines is 1. The minimum atomic E-state index is -3.85. The molecule has 0 unspecified atom stereocenters. The number of carbonyl (C=O) groups excluding carboxylic acids is 1. The number of hydrogen-bond acceptors (Lipinski definition) is 6. The zero-order chi connectivity index (χ0) is 21.0. The van der Waals surface area contributed by atoms with E-state index in [-0.39, 0.29) is 16.8 Å². The minimum Gasteiger partial charge on any atom is -0.490 e. The van der Waals surface area contributed by atoms with Crippen molar-refractivity contribution in [1.82, 2.24) is 5.32 Å². The van der Waals surface area contributed by atoms with E-state index in [0.717, 1.165) is 30.8 Å². The molecule has 0 aliphatic carbocycles. The standard InChI is InChI=1S/C21H24N2O5S2/c24-21(22-16-7-11-29-12-8-16)15-3-1-4-17(13-15)23-30(25,26)18-5-6-19-20(14-18)28-10-2-9-27-19/h1,3-6,13-14,16,23H,2,7-12H2,(H,22,24). The maximum atomic E-state index is 12.9. The molecule has 1 saturated heterocycles. The molecule has 4 rings (SSSR count). The summed E-state index contributed by atoms with van der Waals surface area (Å²) in [7, 11) is -3.85. The fraction of sp³-hybridized carbons (Fsp3) is 0.381. The summed E-state index contributed by atoms with van der Waals surface area (Å²) < 4.78 is 39.4. The van der Waals surface area contributed by atoms with E-state index in [1.165, 1.54) is 12.1 Å². The lowest BCUT2D eigenvalue weighted by molar-refractivity contribution is 0.0935. The number of amides is 1. The topological polar surface area (TPSA) is 93.7 Å². The number of thioether (sulfide) groups is 1. The third-order valence-corrected chi connectivity index (χ3v) is 7.39. The van der Waals surface area contributed by atoms with Gasteiger partial charge < -0.3 is 14.8 Å². The van der Waals surface area contributed by atoms with Crippen molar-refractivity contribution in [3.8, 4) is 11.5 Å². The fourth-order valence-electron chi connectivity index (χ4n) is 3.36. The first-order valence-corrected chi connectivity index (χ1v) is 12.6. The van der Waals surface area contributed by atoms with Crippen LogP contribution in [-0.4, -0.2) is 45.1 Å². The van der Waals surface area contributed by atoms with Crippen LogP contribution in [0, 0.1) is 0 Å². The van der Waals surface area contributed by atoms with Gasteiger partial charge in [-0.05, 0) is 54.7 Å². The van der Waals surface area contributed by atoms with Gasteiger partial charge in [0.05, 0.1) is 18.1 Å². The molecule has 30 heavy (non-hydrogen) atoms. The number of benzene rings is 2. The largest absolute Gasteiger partial charge is 0.490 e. The van der Waals surface area contributed by atoms with Crippen LogP contribution in [-0.2, 0) is 10.0 Å². The Bertz CT molecular complexity index is 1020. The van der Waals surface area contributed by atoms with E-state index < -0.39 is 10.0 Å². The summed E-state index contributed by atoms with van der Waals surface area (Å²) in [5.41, 5.74) is 0.751. The summed E-state index contributed by atoms with van der Waals surface area (Å²) in [5.74, 6) is 2.84. The lowest BCUT2D eigenvalue weighted by atomic mass is 10.1. The highest BCUT2D eigenvalue weighted by atomic mass is 32.2. The molecule has 0 spiro atoms. The number of fused-ring (bicyclic) bond motifs is 1. The molecule has 2 heterocycles. The summed E-state index contributed by atoms with van der Waals surface area (Å²) in [4.78, 5) is 12.6. The van der Waals surface area contributed by atoms with Crippen molar-refractivity contribution in [2.24, 2.45) is 0 Å². The van der Waals surface area contributed by atoms with E-state index in [1.54, 1.807) is 30.3 Å². The van der Waals surface area contributed by atoms with Crippen molar-refractivity contribution >= 4 is 33.4 Å². The van der Waals surface area contributed by atoms with Gasteiger partial charge in [0.15, 0.2) is 11.5 Å². The SMILES string of the molecule is O=C(NC1CCSCC1)c1cccc(NS(=O)(=O)c2ccc3c(c2)OCCCO3)c1. The third kappa shape index (κ3) is 5.02. The van der Waals surface area contributed by atoms with Crippen molar-refractivity contribution < 1.29 is 22.7 Å². The zero-order valence-electron chi connectivity index (χ0n) is 16.4. The Labute approximate surface area is 180 Å². The first kappa shape index (κ1) is 20.9. The van der Waals surface area contributed by atoms with Gasteiger partial charge in [-0.25, -0.2) is 8.42 Å². The van der Waals surface area contributed by atoms with Crippen LogP contribution in [0.4, 0.5) is 5.69 Å². The molecule has 0 atom stereocenters. The highest BCUT2D eigenvalue weighted by molar-refractivity contribution is 7.99. The molecular weight excluding hydrogens is 424 g/mol. The molecule has 7 nitrogen and oxygen atoms in total. The van der Waals surface area contributed by atoms with Gasteiger partial charge in [0, 0.05) is 29.8 Å². The van der Waals surface area contributed by atoms with Gasteiger partial charge in [0.25, 0.3) is 15.9 Å². The second-order valence-corrected chi connectivity index (χ2v) is 10.1. The molecule has 0 radical (unpaired) electrons. The van der Waals surface area contributed by atoms with Crippen molar-refractivity contribution in [2.45, 2.75) is 30.2 Å². The van der Waals surface area contributed by atoms with Crippen LogP contribution in [0.25, 0.3) is 0 Å². The Balaban J connectivity index is 1.49. The van der Waals surface area contributed by atoms with Crippen molar-refractivity contribution in [3.05, 3.63) is 48.0 Å². The highest BCUT2D eigenvalue weighted by Gasteiger charge is 2.20. The number of ether oxygens (including phenoxy) is 2. The number of carbonyl (C=O) groups is 1. The van der Waals surface area contributed by atoms with Gasteiger partial charge in [0.2, 0.25) is 0 Å². The Hall–Kier alpha value is -2.39. The first-order chi connectivity index (χ1) is 14.5. The molecule has 2 aromatic rings. The predicted octanol–water partition coefficient (Wildman–Crippen LogP) is 3.27. The van der Waals surface area contributed by atoms with E-state index in [0.29, 0.717) is 36.0 Å². The maximum Gasteiger partial charge on any atom is 0.262 e. The molecule has 2 aliphatic heterocycles. The zero-order valence-corrected chi connectivity index (χ0v) is 18.1. The molecule has 2 aliphatic rings. The summed E-state index contributed by atoms with van der Waals surface area (Å²) in [6.45, 7) is 1.01. The van der Waals surface area contributed by atoms with Crippen LogP contribution < -0.4 is 19.5 Å². The molecule has 2 N–H and O–H groups in total. The summed E-state index contributed by atoms with van der Waals surface area (Å²) in [5, 5.41) is 3.04. The predicted molar refractivity (Wildman–Crippen MR) is 117 cm³/mol. The van der Waals surface area contributed by atoms with Crippen LogP contribution in [0.15, 0.2) is 47.4 Å². The van der Waals surface area contributed by atoms with Crippen LogP contribution in [0.3, 0.4) is 0 Å². The molecule has 0 saturated carbocycles. The molecule has 0 aromatic heterocycles. The molecule has 1 fully saturated rings. The van der Waals surface area contributed by atoms with Crippen LogP contribution >= 0.6 is 11.8 Å². The molecule has 160 valence electrons. The van der Waals surface area contributed by atoms with Gasteiger partial charge in [-0.2, -0.15) is 11.8 Å². The second kappa shape index (κ2) is 9.18. The third-order valence-electron chi connectivity index (χ3n) is 4.96. The van der Waals surface area contributed by atoms with E-state index in [1.807, 2.05) is 11.8 Å². The maximum absolute atomic E-state index is 12.9. The quantitative estimate of drug-likeness (QED) is 0.729. The number of sulfonamides is 1. The van der Waals surface area contributed by atoms with Crippen molar-refractivity contribution in [1.29, 1.82) is 0 Å². The number of nitrogens with one attached hydrogen (secondary N) is 2. The summed E-state index contributed by atoms with van der Waals surface area (Å²) in [6, 6.07) is 11.2. The monoisotopic (exact) mass is 448 g/mol. The lowest BCUT2D eigenvalue weighted by Crippen LogP contribution is -2.37. The Morgan fingerprint density at radius 2 is 1.77 bits per heavy atom. The van der Waals surface area contributed by atoms with E-state index in [9.17, 15) is 13.2 Å². The summed E-state index contributed by atoms with van der Waals surface area (Å²) in [6.07, 6.45) is 2.64. The van der Waals surface area contributed by atoms with Crippen molar-refractivity contribution in [3.63, 3.8) is 0 Å². The Kier molecular flexibility index (Phi) is 6.38. The van der Waals surface area contributed by atoms with Gasteiger partial charge in [-0.15, -0.1) is 0 Å². The van der Waals surface area contributed by atoms with Crippen molar-refractivity contribution in [2.75, 3.05) is 29.4 Å². The summed E-state index contributed by atoms with van der Waals surface area (Å²) >= 11 is 1.89. The average molecular weight is 449 g/mol. The molecular formula is C21H24N2O5S2.